The van der Waals surface area contributed by atoms with E-state index in [0.29, 0.717) is 31.5 Å². The smallest absolute Gasteiger partial charge is 0.410 e. The number of aryl methyl sites for hydroxylation is 1. The van der Waals surface area contributed by atoms with Crippen molar-refractivity contribution in [2.24, 2.45) is 5.92 Å². The van der Waals surface area contributed by atoms with Gasteiger partial charge in [-0.2, -0.15) is 0 Å². The van der Waals surface area contributed by atoms with Gasteiger partial charge >= 0.3 is 6.09 Å². The van der Waals surface area contributed by atoms with E-state index in [9.17, 15) is 4.79 Å². The van der Waals surface area contributed by atoms with Crippen molar-refractivity contribution < 1.29 is 14.3 Å². The fourth-order valence-electron chi connectivity index (χ4n) is 2.46. The molecule has 2 rings (SSSR count). The zero-order chi connectivity index (χ0) is 16.9. The number of hydrogen-bond donors (Lipinski definition) is 0. The molecule has 0 bridgehead atoms. The van der Waals surface area contributed by atoms with E-state index in [1.54, 1.807) is 11.2 Å². The van der Waals surface area contributed by atoms with Crippen LogP contribution in [0.2, 0.25) is 0 Å². The third-order valence-electron chi connectivity index (χ3n) is 3.79. The van der Waals surface area contributed by atoms with E-state index >= 15 is 0 Å². The molecule has 0 aromatic carbocycles. The molecule has 6 nitrogen and oxygen atoms in total. The van der Waals surface area contributed by atoms with Crippen LogP contribution in [-0.4, -0.2) is 46.3 Å². The lowest BCUT2D eigenvalue weighted by atomic mass is 9.98. The minimum atomic E-state index is -0.443. The molecule has 0 radical (unpaired) electrons. The summed E-state index contributed by atoms with van der Waals surface area (Å²) in [7, 11) is 0. The van der Waals surface area contributed by atoms with Crippen molar-refractivity contribution in [1.29, 1.82) is 0 Å². The summed E-state index contributed by atoms with van der Waals surface area (Å²) in [5.41, 5.74) is 0.538. The molecule has 23 heavy (non-hydrogen) atoms. The van der Waals surface area contributed by atoms with Crippen LogP contribution >= 0.6 is 0 Å². The number of piperidine rings is 1. The van der Waals surface area contributed by atoms with Gasteiger partial charge in [0.15, 0.2) is 0 Å². The van der Waals surface area contributed by atoms with Crippen molar-refractivity contribution in [1.82, 2.24) is 14.9 Å². The van der Waals surface area contributed by atoms with Gasteiger partial charge < -0.3 is 14.4 Å². The Bertz CT molecular complexity index is 520. The van der Waals surface area contributed by atoms with Crippen LogP contribution in [0.3, 0.4) is 0 Å². The van der Waals surface area contributed by atoms with Crippen molar-refractivity contribution >= 4 is 6.09 Å². The largest absolute Gasteiger partial charge is 0.477 e. The highest BCUT2D eigenvalue weighted by Gasteiger charge is 2.27. The summed E-state index contributed by atoms with van der Waals surface area (Å²) in [5.74, 6) is 1.07. The Kier molecular flexibility index (Phi) is 5.80. The highest BCUT2D eigenvalue weighted by Crippen LogP contribution is 2.20. The number of likely N-dealkylation sites (tertiary alicyclic amines) is 1. The van der Waals surface area contributed by atoms with Gasteiger partial charge in [0.2, 0.25) is 5.88 Å². The Morgan fingerprint density at radius 1 is 1.30 bits per heavy atom. The molecule has 1 aromatic heterocycles. The van der Waals surface area contributed by atoms with Crippen molar-refractivity contribution in [3.8, 4) is 5.88 Å². The molecule has 0 N–H and O–H groups in total. The summed E-state index contributed by atoms with van der Waals surface area (Å²) in [5, 5.41) is 0. The van der Waals surface area contributed by atoms with E-state index in [-0.39, 0.29) is 6.09 Å². The molecule has 1 aromatic rings. The van der Waals surface area contributed by atoms with E-state index in [1.165, 1.54) is 0 Å². The van der Waals surface area contributed by atoms with Crippen LogP contribution < -0.4 is 4.74 Å². The van der Waals surface area contributed by atoms with Crippen molar-refractivity contribution in [2.45, 2.75) is 52.6 Å². The lowest BCUT2D eigenvalue weighted by Gasteiger charge is -2.33. The maximum absolute atomic E-state index is 12.0. The lowest BCUT2D eigenvalue weighted by molar-refractivity contribution is 0.0164. The molecule has 1 amide bonds. The van der Waals surface area contributed by atoms with Gasteiger partial charge in [0.05, 0.1) is 6.61 Å². The zero-order valence-corrected chi connectivity index (χ0v) is 14.5. The third-order valence-corrected chi connectivity index (χ3v) is 3.79. The van der Waals surface area contributed by atoms with Crippen molar-refractivity contribution in [2.75, 3.05) is 19.7 Å². The van der Waals surface area contributed by atoms with Gasteiger partial charge in [-0.25, -0.2) is 14.8 Å². The molecular weight excluding hydrogens is 294 g/mol. The maximum atomic E-state index is 12.0. The minimum absolute atomic E-state index is 0.222. The first-order valence-corrected chi connectivity index (χ1v) is 8.29. The average molecular weight is 321 g/mol. The quantitative estimate of drug-likeness (QED) is 0.853. The van der Waals surface area contributed by atoms with E-state index in [1.807, 2.05) is 26.8 Å². The van der Waals surface area contributed by atoms with Crippen LogP contribution in [0.25, 0.3) is 0 Å². The molecule has 0 spiro atoms. The number of carbonyl (C=O) groups is 1. The molecule has 0 aliphatic carbocycles. The molecule has 1 aliphatic heterocycles. The summed E-state index contributed by atoms with van der Waals surface area (Å²) >= 11 is 0. The molecule has 0 unspecified atom stereocenters. The van der Waals surface area contributed by atoms with Crippen molar-refractivity contribution in [3.63, 3.8) is 0 Å². The van der Waals surface area contributed by atoms with E-state index < -0.39 is 5.60 Å². The monoisotopic (exact) mass is 321 g/mol. The Balaban J connectivity index is 1.75. The predicted octanol–water partition coefficient (Wildman–Crippen LogP) is 3.06. The maximum Gasteiger partial charge on any atom is 0.410 e. The zero-order valence-electron chi connectivity index (χ0n) is 14.5. The highest BCUT2D eigenvalue weighted by molar-refractivity contribution is 5.68. The number of nitrogens with zero attached hydrogens (tertiary/aromatic N) is 3. The molecule has 0 atom stereocenters. The molecule has 2 heterocycles. The van der Waals surface area contributed by atoms with E-state index in [0.717, 1.165) is 25.0 Å². The van der Waals surface area contributed by atoms with Crippen LogP contribution in [0.1, 0.15) is 46.2 Å². The predicted molar refractivity (Wildman–Crippen MR) is 87.4 cm³/mol. The number of carbonyl (C=O) groups excluding carboxylic acids is 1. The van der Waals surface area contributed by atoms with Gasteiger partial charge in [-0.1, -0.05) is 6.92 Å². The second kappa shape index (κ2) is 7.62. The summed E-state index contributed by atoms with van der Waals surface area (Å²) in [4.78, 5) is 22.1. The van der Waals surface area contributed by atoms with Gasteiger partial charge in [-0.05, 0) is 46.0 Å². The number of ether oxygens (including phenoxy) is 2. The van der Waals surface area contributed by atoms with Gasteiger partial charge in [-0.3, -0.25) is 0 Å². The lowest BCUT2D eigenvalue weighted by Crippen LogP contribution is -2.42. The molecule has 128 valence electrons. The number of aromatic nitrogens is 2. The molecule has 6 heteroatoms. The molecule has 1 saturated heterocycles. The third kappa shape index (κ3) is 5.69. The first-order chi connectivity index (χ1) is 10.9. The topological polar surface area (TPSA) is 64.5 Å². The first kappa shape index (κ1) is 17.5. The normalized spacial score (nSPS) is 16.3. The SMILES string of the molecule is CCc1cc(OCC2CCN(C(=O)OC(C)(C)C)CC2)ncn1. The highest BCUT2D eigenvalue weighted by atomic mass is 16.6. The fourth-order valence-corrected chi connectivity index (χ4v) is 2.46. The number of hydrogen-bond acceptors (Lipinski definition) is 5. The van der Waals surface area contributed by atoms with Crippen LogP contribution in [0.15, 0.2) is 12.4 Å². The van der Waals surface area contributed by atoms with Crippen LogP contribution in [-0.2, 0) is 11.2 Å². The molecule has 1 fully saturated rings. The summed E-state index contributed by atoms with van der Waals surface area (Å²) in [6.07, 6.45) is 4.03. The van der Waals surface area contributed by atoms with Gasteiger partial charge in [-0.15, -0.1) is 0 Å². The van der Waals surface area contributed by atoms with Crippen LogP contribution in [0, 0.1) is 5.92 Å². The van der Waals surface area contributed by atoms with Crippen LogP contribution in [0.4, 0.5) is 4.79 Å². The molecule has 1 aliphatic rings. The Morgan fingerprint density at radius 3 is 2.61 bits per heavy atom. The second-order valence-electron chi connectivity index (χ2n) is 6.92. The fraction of sp³-hybridized carbons (Fsp3) is 0.706. The second-order valence-corrected chi connectivity index (χ2v) is 6.92. The number of amides is 1. The Labute approximate surface area is 138 Å². The summed E-state index contributed by atoms with van der Waals surface area (Å²) in [6.45, 7) is 9.77. The molecule has 0 saturated carbocycles. The standard InChI is InChI=1S/C17H27N3O3/c1-5-14-10-15(19-12-18-14)22-11-13-6-8-20(9-7-13)16(21)23-17(2,3)4/h10,12-13H,5-9,11H2,1-4H3. The number of rotatable bonds is 4. The van der Waals surface area contributed by atoms with Gasteiger partial charge in [0.25, 0.3) is 0 Å². The van der Waals surface area contributed by atoms with Gasteiger partial charge in [0, 0.05) is 24.8 Å². The summed E-state index contributed by atoms with van der Waals surface area (Å²) in [6, 6.07) is 1.88. The van der Waals surface area contributed by atoms with Crippen LogP contribution in [0.5, 0.6) is 5.88 Å². The Morgan fingerprint density at radius 2 is 2.00 bits per heavy atom. The van der Waals surface area contributed by atoms with E-state index in [4.69, 9.17) is 9.47 Å². The Hall–Kier alpha value is -1.85. The van der Waals surface area contributed by atoms with Gasteiger partial charge in [0.1, 0.15) is 11.9 Å². The van der Waals surface area contributed by atoms with Crippen molar-refractivity contribution in [3.05, 3.63) is 18.1 Å². The minimum Gasteiger partial charge on any atom is -0.477 e. The van der Waals surface area contributed by atoms with E-state index in [2.05, 4.69) is 16.9 Å². The molecular formula is C17H27N3O3. The average Bonchev–Trinajstić information content (AvgIpc) is 2.52. The first-order valence-electron chi connectivity index (χ1n) is 8.29. The summed E-state index contributed by atoms with van der Waals surface area (Å²) < 4.78 is 11.2.